The highest BCUT2D eigenvalue weighted by Crippen LogP contribution is 2.39. The van der Waals surface area contributed by atoms with E-state index in [0.29, 0.717) is 22.9 Å². The van der Waals surface area contributed by atoms with Crippen LogP contribution in [0.3, 0.4) is 0 Å². The summed E-state index contributed by atoms with van der Waals surface area (Å²) in [4.78, 5) is 11.4. The summed E-state index contributed by atoms with van der Waals surface area (Å²) in [5, 5.41) is 13.3. The van der Waals surface area contributed by atoms with Crippen LogP contribution in [-0.2, 0) is 11.3 Å². The molecule has 0 radical (unpaired) electrons. The fraction of sp³-hybridized carbons (Fsp3) is 0.273. The zero-order valence-corrected chi connectivity index (χ0v) is 15.9. The summed E-state index contributed by atoms with van der Waals surface area (Å²) < 4.78 is 24.4. The molecule has 148 valence electrons. The second kappa shape index (κ2) is 7.84. The summed E-state index contributed by atoms with van der Waals surface area (Å²) in [6.45, 7) is -0.115. The molecule has 1 aliphatic carbocycles. The van der Waals surface area contributed by atoms with Gasteiger partial charge in [0.25, 0.3) is 0 Å². The van der Waals surface area contributed by atoms with Crippen molar-refractivity contribution in [2.24, 2.45) is 5.92 Å². The number of rotatable bonds is 6. The molecule has 0 bridgehead atoms. The molecular formula is C22H20FN3O3. The predicted molar refractivity (Wildman–Crippen MR) is 107 cm³/mol. The van der Waals surface area contributed by atoms with Gasteiger partial charge in [-0.05, 0) is 48.6 Å². The largest absolute Gasteiger partial charge is 0.463 e. The van der Waals surface area contributed by atoms with E-state index in [9.17, 15) is 14.4 Å². The van der Waals surface area contributed by atoms with Gasteiger partial charge in [0.1, 0.15) is 11.8 Å². The van der Waals surface area contributed by atoms with Crippen molar-refractivity contribution in [2.45, 2.75) is 19.4 Å². The summed E-state index contributed by atoms with van der Waals surface area (Å²) in [6.07, 6.45) is 1.77. The van der Waals surface area contributed by atoms with Crippen LogP contribution in [0.4, 0.5) is 14.9 Å². The molecule has 0 atom stereocenters. The van der Waals surface area contributed by atoms with Crippen molar-refractivity contribution in [1.82, 2.24) is 4.57 Å². The number of carbonyl (C=O) groups is 1. The summed E-state index contributed by atoms with van der Waals surface area (Å²) in [5.74, 6) is 1.00. The predicted octanol–water partition coefficient (Wildman–Crippen LogP) is 5.07. The Morgan fingerprint density at radius 1 is 1.28 bits per heavy atom. The van der Waals surface area contributed by atoms with E-state index in [2.05, 4.69) is 20.7 Å². The zero-order valence-electron chi connectivity index (χ0n) is 15.9. The lowest BCUT2D eigenvalue weighted by Crippen LogP contribution is -2.10. The number of carbonyl (C=O) groups excluding carboxylic acids is 1. The molecule has 1 amide bonds. The van der Waals surface area contributed by atoms with Crippen molar-refractivity contribution in [2.75, 3.05) is 19.3 Å². The number of nitrogens with one attached hydrogen (secondary N) is 1. The average molecular weight is 393 g/mol. The van der Waals surface area contributed by atoms with E-state index in [1.807, 2.05) is 12.1 Å². The fourth-order valence-electron chi connectivity index (χ4n) is 3.52. The standard InChI is InChI=1S/C22H20FN3O3/c1-28-22(27)25-16-6-4-15(5-7-16)21-19(11-24)18-9-8-17(29-13-23)10-20(18)26(21)12-14-2-3-14/h4-10,14H,2-3,12-13H2,1H3,(H,25,27). The van der Waals surface area contributed by atoms with E-state index in [0.717, 1.165) is 41.5 Å². The van der Waals surface area contributed by atoms with Gasteiger partial charge in [-0.15, -0.1) is 0 Å². The smallest absolute Gasteiger partial charge is 0.411 e. The molecule has 1 aliphatic rings. The van der Waals surface area contributed by atoms with Crippen LogP contribution in [0.2, 0.25) is 0 Å². The quantitative estimate of drug-likeness (QED) is 0.634. The van der Waals surface area contributed by atoms with Gasteiger partial charge < -0.3 is 14.0 Å². The van der Waals surface area contributed by atoms with Gasteiger partial charge in [0.15, 0.2) is 0 Å². The number of nitriles is 1. The van der Waals surface area contributed by atoms with Crippen LogP contribution < -0.4 is 10.1 Å². The van der Waals surface area contributed by atoms with Crippen LogP contribution in [0, 0.1) is 17.2 Å². The Morgan fingerprint density at radius 2 is 2.03 bits per heavy atom. The first kappa shape index (κ1) is 18.8. The molecule has 1 aromatic heterocycles. The minimum atomic E-state index is -0.901. The van der Waals surface area contributed by atoms with Crippen molar-refractivity contribution in [3.05, 3.63) is 48.0 Å². The first-order valence-electron chi connectivity index (χ1n) is 9.35. The van der Waals surface area contributed by atoms with E-state index in [1.54, 1.807) is 30.3 Å². The number of halogens is 1. The first-order chi connectivity index (χ1) is 14.1. The molecule has 2 aromatic carbocycles. The van der Waals surface area contributed by atoms with Gasteiger partial charge in [-0.3, -0.25) is 5.32 Å². The third-order valence-corrected chi connectivity index (χ3v) is 5.10. The van der Waals surface area contributed by atoms with E-state index in [4.69, 9.17) is 4.74 Å². The molecule has 0 aliphatic heterocycles. The van der Waals surface area contributed by atoms with Gasteiger partial charge in [0, 0.05) is 23.7 Å². The zero-order chi connectivity index (χ0) is 20.4. The molecule has 1 N–H and O–H groups in total. The number of ether oxygens (including phenoxy) is 2. The van der Waals surface area contributed by atoms with Gasteiger partial charge in [-0.2, -0.15) is 5.26 Å². The Balaban J connectivity index is 1.83. The van der Waals surface area contributed by atoms with Gasteiger partial charge in [0.05, 0.1) is 23.9 Å². The third kappa shape index (κ3) is 3.74. The number of hydrogen-bond acceptors (Lipinski definition) is 4. The molecule has 6 nitrogen and oxygen atoms in total. The maximum absolute atomic E-state index is 12.6. The maximum Gasteiger partial charge on any atom is 0.411 e. The molecule has 1 fully saturated rings. The normalized spacial score (nSPS) is 13.1. The number of methoxy groups -OCH3 is 1. The molecule has 0 spiro atoms. The number of fused-ring (bicyclic) bond motifs is 1. The highest BCUT2D eigenvalue weighted by atomic mass is 19.1. The summed E-state index contributed by atoms with van der Waals surface area (Å²) in [7, 11) is 1.31. The number of hydrogen-bond donors (Lipinski definition) is 1. The molecule has 4 rings (SSSR count). The minimum absolute atomic E-state index is 0.434. The Kier molecular flexibility index (Phi) is 5.09. The van der Waals surface area contributed by atoms with Gasteiger partial charge >= 0.3 is 6.09 Å². The molecule has 0 saturated heterocycles. The second-order valence-electron chi connectivity index (χ2n) is 7.02. The summed E-state index contributed by atoms with van der Waals surface area (Å²) >= 11 is 0. The number of benzene rings is 2. The summed E-state index contributed by atoms with van der Waals surface area (Å²) in [5.41, 5.74) is 3.70. The lowest BCUT2D eigenvalue weighted by atomic mass is 10.1. The van der Waals surface area contributed by atoms with E-state index in [-0.39, 0.29) is 0 Å². The van der Waals surface area contributed by atoms with Crippen molar-refractivity contribution in [3.63, 3.8) is 0 Å². The number of anilines is 1. The van der Waals surface area contributed by atoms with Crippen LogP contribution in [0.15, 0.2) is 42.5 Å². The van der Waals surface area contributed by atoms with Crippen molar-refractivity contribution < 1.29 is 18.7 Å². The Bertz CT molecular complexity index is 1100. The SMILES string of the molecule is COC(=O)Nc1ccc(-c2c(C#N)c3ccc(OCF)cc3n2CC2CC2)cc1. The lowest BCUT2D eigenvalue weighted by Gasteiger charge is -2.12. The topological polar surface area (TPSA) is 76.3 Å². The van der Waals surface area contributed by atoms with Crippen LogP contribution in [0.5, 0.6) is 5.75 Å². The maximum atomic E-state index is 12.6. The van der Waals surface area contributed by atoms with Gasteiger partial charge in [-0.1, -0.05) is 12.1 Å². The Hall–Kier alpha value is -3.53. The number of alkyl halides is 1. The van der Waals surface area contributed by atoms with Gasteiger partial charge in [0.2, 0.25) is 6.86 Å². The molecular weight excluding hydrogens is 373 g/mol. The van der Waals surface area contributed by atoms with Crippen LogP contribution in [-0.4, -0.2) is 24.6 Å². The molecule has 1 saturated carbocycles. The van der Waals surface area contributed by atoms with Gasteiger partial charge in [-0.25, -0.2) is 9.18 Å². The molecule has 7 heteroatoms. The van der Waals surface area contributed by atoms with Crippen LogP contribution >= 0.6 is 0 Å². The number of amides is 1. The van der Waals surface area contributed by atoms with Crippen molar-refractivity contribution >= 4 is 22.7 Å². The highest BCUT2D eigenvalue weighted by molar-refractivity contribution is 5.95. The van der Waals surface area contributed by atoms with E-state index >= 15 is 0 Å². The lowest BCUT2D eigenvalue weighted by molar-refractivity contribution is 0.187. The third-order valence-electron chi connectivity index (χ3n) is 5.10. The fourth-order valence-corrected chi connectivity index (χ4v) is 3.52. The van der Waals surface area contributed by atoms with Crippen molar-refractivity contribution in [3.8, 4) is 23.1 Å². The summed E-state index contributed by atoms with van der Waals surface area (Å²) in [6, 6.07) is 14.9. The van der Waals surface area contributed by atoms with Crippen LogP contribution in [0.1, 0.15) is 18.4 Å². The van der Waals surface area contributed by atoms with Crippen LogP contribution in [0.25, 0.3) is 22.2 Å². The average Bonchev–Trinajstić information content (AvgIpc) is 3.50. The van der Waals surface area contributed by atoms with Crippen molar-refractivity contribution in [1.29, 1.82) is 5.26 Å². The number of nitrogens with zero attached hydrogens (tertiary/aromatic N) is 2. The van der Waals surface area contributed by atoms with E-state index in [1.165, 1.54) is 7.11 Å². The Morgan fingerprint density at radius 3 is 2.66 bits per heavy atom. The molecule has 1 heterocycles. The van der Waals surface area contributed by atoms with E-state index < -0.39 is 13.0 Å². The second-order valence-corrected chi connectivity index (χ2v) is 7.02. The minimum Gasteiger partial charge on any atom is -0.463 e. The number of aromatic nitrogens is 1. The Labute approximate surface area is 167 Å². The molecule has 29 heavy (non-hydrogen) atoms. The monoisotopic (exact) mass is 393 g/mol. The highest BCUT2D eigenvalue weighted by Gasteiger charge is 2.26. The first-order valence-corrected chi connectivity index (χ1v) is 9.35. The molecule has 0 unspecified atom stereocenters. The molecule has 3 aromatic rings.